The molecule has 0 bridgehead atoms. The molecular weight excluding hydrogens is 120 g/mol. The van der Waals surface area contributed by atoms with Crippen molar-refractivity contribution in [3.05, 3.63) is 0 Å². The van der Waals surface area contributed by atoms with E-state index in [4.69, 9.17) is 0 Å². The van der Waals surface area contributed by atoms with E-state index in [0.717, 1.165) is 0 Å². The van der Waals surface area contributed by atoms with Crippen LogP contribution in [0.2, 0.25) is 5.82 Å². The Morgan fingerprint density at radius 3 is 1.75 bits per heavy atom. The second-order valence-electron chi connectivity index (χ2n) is 1.92. The van der Waals surface area contributed by atoms with Crippen molar-refractivity contribution in [1.82, 2.24) is 0 Å². The van der Waals surface area contributed by atoms with Gasteiger partial charge >= 0.3 is 6.98 Å². The second-order valence-corrected chi connectivity index (χ2v) is 1.92. The smallest absolute Gasteiger partial charge is 0.449 e. The lowest BCUT2D eigenvalue weighted by atomic mass is 9.71. The minimum Gasteiger partial charge on any atom is -0.449 e. The van der Waals surface area contributed by atoms with Crippen LogP contribution in [0.3, 0.4) is 0 Å². The van der Waals surface area contributed by atoms with Crippen molar-refractivity contribution >= 4 is 6.98 Å². The van der Waals surface area contributed by atoms with Crippen molar-refractivity contribution in [2.24, 2.45) is 0 Å². The van der Waals surface area contributed by atoms with Gasteiger partial charge in [-0.2, -0.15) is 0 Å². The topological polar surface area (TPSA) is 9.23 Å². The molecule has 0 N–H and O–H groups in total. The standard InChI is InChI=1S/C3H5BF3O/c5-4(6,7)3-1-8-2-3/h3H,1-2H2/q-1. The first kappa shape index (κ1) is 5.94. The first-order valence-corrected chi connectivity index (χ1v) is 2.38. The Morgan fingerprint density at radius 1 is 1.25 bits per heavy atom. The van der Waals surface area contributed by atoms with Crippen LogP contribution in [-0.2, 0) is 4.74 Å². The normalized spacial score (nSPS) is 22.9. The first-order valence-electron chi connectivity index (χ1n) is 2.38. The Kier molecular flexibility index (Phi) is 1.23. The summed E-state index contributed by atoms with van der Waals surface area (Å²) in [6.07, 6.45) is 0. The monoisotopic (exact) mass is 125 g/mol. The Balaban J connectivity index is 2.34. The number of rotatable bonds is 1. The van der Waals surface area contributed by atoms with E-state index < -0.39 is 12.8 Å². The molecule has 1 nitrogen and oxygen atoms in total. The molecule has 0 aromatic carbocycles. The summed E-state index contributed by atoms with van der Waals surface area (Å²) in [5.41, 5.74) is 0. The van der Waals surface area contributed by atoms with Gasteiger partial charge in [-0.05, 0) is 5.82 Å². The molecule has 0 aromatic heterocycles. The SMILES string of the molecule is F[B-](F)(F)C1COC1. The minimum absolute atomic E-state index is 0.122. The van der Waals surface area contributed by atoms with E-state index in [1.54, 1.807) is 0 Å². The van der Waals surface area contributed by atoms with Gasteiger partial charge in [-0.15, -0.1) is 0 Å². The van der Waals surface area contributed by atoms with Crippen LogP contribution >= 0.6 is 0 Å². The largest absolute Gasteiger partial charge is 0.485 e. The number of ether oxygens (including phenoxy) is 1. The summed E-state index contributed by atoms with van der Waals surface area (Å²) >= 11 is 0. The van der Waals surface area contributed by atoms with Gasteiger partial charge in [0.15, 0.2) is 0 Å². The summed E-state index contributed by atoms with van der Waals surface area (Å²) in [4.78, 5) is 0. The second kappa shape index (κ2) is 1.65. The summed E-state index contributed by atoms with van der Waals surface area (Å²) < 4.78 is 38.8. The molecule has 1 fully saturated rings. The van der Waals surface area contributed by atoms with E-state index in [1.807, 2.05) is 0 Å². The lowest BCUT2D eigenvalue weighted by Crippen LogP contribution is -2.38. The van der Waals surface area contributed by atoms with Gasteiger partial charge in [0.1, 0.15) is 0 Å². The Labute approximate surface area is 44.9 Å². The van der Waals surface area contributed by atoms with E-state index in [9.17, 15) is 12.9 Å². The summed E-state index contributed by atoms with van der Waals surface area (Å²) in [6, 6.07) is 0. The van der Waals surface area contributed by atoms with Crippen molar-refractivity contribution in [3.8, 4) is 0 Å². The van der Waals surface area contributed by atoms with Crippen LogP contribution in [0.5, 0.6) is 0 Å². The van der Waals surface area contributed by atoms with Crippen molar-refractivity contribution < 1.29 is 17.7 Å². The van der Waals surface area contributed by atoms with Gasteiger partial charge < -0.3 is 17.7 Å². The highest BCUT2D eigenvalue weighted by Gasteiger charge is 2.39. The molecule has 0 saturated carbocycles. The Hall–Kier alpha value is -0.185. The summed E-state index contributed by atoms with van der Waals surface area (Å²) in [7, 11) is 0. The van der Waals surface area contributed by atoms with Gasteiger partial charge in [0.05, 0.1) is 0 Å². The van der Waals surface area contributed by atoms with E-state index >= 15 is 0 Å². The van der Waals surface area contributed by atoms with Gasteiger partial charge in [-0.25, -0.2) is 0 Å². The Morgan fingerprint density at radius 2 is 1.75 bits per heavy atom. The molecule has 0 aliphatic carbocycles. The third kappa shape index (κ3) is 0.966. The fourth-order valence-electron chi connectivity index (χ4n) is 0.472. The van der Waals surface area contributed by atoms with Gasteiger partial charge in [0.25, 0.3) is 0 Å². The molecule has 5 heteroatoms. The molecule has 0 aromatic rings. The summed E-state index contributed by atoms with van der Waals surface area (Å²) in [5.74, 6) is -1.13. The number of hydrogen-bond acceptors (Lipinski definition) is 1. The maximum absolute atomic E-state index is 11.5. The van der Waals surface area contributed by atoms with Gasteiger partial charge in [-0.1, -0.05) is 0 Å². The highest BCUT2D eigenvalue weighted by molar-refractivity contribution is 6.60. The van der Waals surface area contributed by atoms with Crippen LogP contribution in [-0.4, -0.2) is 20.2 Å². The van der Waals surface area contributed by atoms with Crippen molar-refractivity contribution in [1.29, 1.82) is 0 Å². The lowest BCUT2D eigenvalue weighted by molar-refractivity contribution is 0.0208. The summed E-state index contributed by atoms with van der Waals surface area (Å²) in [5, 5.41) is 0. The van der Waals surface area contributed by atoms with Crippen LogP contribution in [0, 0.1) is 0 Å². The summed E-state index contributed by atoms with van der Waals surface area (Å²) in [6.45, 7) is -4.84. The number of hydrogen-bond donors (Lipinski definition) is 0. The van der Waals surface area contributed by atoms with Gasteiger partial charge in [-0.3, -0.25) is 0 Å². The molecule has 1 rings (SSSR count). The lowest BCUT2D eigenvalue weighted by Gasteiger charge is -2.33. The minimum atomic E-state index is -4.60. The van der Waals surface area contributed by atoms with E-state index in [0.29, 0.717) is 0 Å². The van der Waals surface area contributed by atoms with Crippen LogP contribution in [0.25, 0.3) is 0 Å². The third-order valence-corrected chi connectivity index (χ3v) is 1.20. The molecule has 8 heavy (non-hydrogen) atoms. The van der Waals surface area contributed by atoms with Crippen LogP contribution in [0.4, 0.5) is 12.9 Å². The molecule has 1 heterocycles. The van der Waals surface area contributed by atoms with E-state index in [1.165, 1.54) is 0 Å². The maximum atomic E-state index is 11.5. The fourth-order valence-corrected chi connectivity index (χ4v) is 0.472. The molecular formula is C3H5BF3O-. The molecule has 0 atom stereocenters. The zero-order chi connectivity index (χ0) is 6.20. The maximum Gasteiger partial charge on any atom is 0.485 e. The first-order chi connectivity index (χ1) is 3.61. The quantitative estimate of drug-likeness (QED) is 0.479. The molecule has 48 valence electrons. The van der Waals surface area contributed by atoms with Crippen LogP contribution in [0.15, 0.2) is 0 Å². The molecule has 1 aliphatic rings. The molecule has 0 radical (unpaired) electrons. The Bertz CT molecular complexity index is 87.0. The fraction of sp³-hybridized carbons (Fsp3) is 1.00. The van der Waals surface area contributed by atoms with Crippen LogP contribution in [0.1, 0.15) is 0 Å². The van der Waals surface area contributed by atoms with E-state index in [2.05, 4.69) is 4.74 Å². The average Bonchev–Trinajstić information content (AvgIpc) is 1.16. The molecule has 1 aliphatic heterocycles. The van der Waals surface area contributed by atoms with E-state index in [-0.39, 0.29) is 13.2 Å². The highest BCUT2D eigenvalue weighted by Crippen LogP contribution is 2.32. The third-order valence-electron chi connectivity index (χ3n) is 1.20. The van der Waals surface area contributed by atoms with Crippen LogP contribution < -0.4 is 0 Å². The number of halogens is 3. The predicted octanol–water partition coefficient (Wildman–Crippen LogP) is 1.23. The highest BCUT2D eigenvalue weighted by atomic mass is 19.4. The van der Waals surface area contributed by atoms with Crippen molar-refractivity contribution in [2.45, 2.75) is 5.82 Å². The molecule has 0 amide bonds. The molecule has 0 unspecified atom stereocenters. The van der Waals surface area contributed by atoms with Crippen molar-refractivity contribution in [2.75, 3.05) is 13.2 Å². The van der Waals surface area contributed by atoms with Gasteiger partial charge in [0.2, 0.25) is 0 Å². The van der Waals surface area contributed by atoms with Gasteiger partial charge in [0, 0.05) is 13.2 Å². The van der Waals surface area contributed by atoms with Crippen molar-refractivity contribution in [3.63, 3.8) is 0 Å². The average molecular weight is 125 g/mol. The molecule has 0 spiro atoms. The molecule has 1 saturated heterocycles. The zero-order valence-corrected chi connectivity index (χ0v) is 4.11. The predicted molar refractivity (Wildman–Crippen MR) is 23.6 cm³/mol. The zero-order valence-electron chi connectivity index (χ0n) is 4.11.